The van der Waals surface area contributed by atoms with E-state index in [1.807, 2.05) is 7.05 Å². The lowest BCUT2D eigenvalue weighted by atomic mass is 10.3. The maximum Gasteiger partial charge on any atom is 0.160 e. The number of rotatable bonds is 1. The normalized spacial score (nSPS) is 10.1. The van der Waals surface area contributed by atoms with Crippen molar-refractivity contribution in [3.63, 3.8) is 0 Å². The largest absolute Gasteiger partial charge is 0.249 e. The molecule has 0 N–H and O–H groups in total. The first-order chi connectivity index (χ1) is 5.88. The smallest absolute Gasteiger partial charge is 0.160 e. The van der Waals surface area contributed by atoms with Crippen LogP contribution in [-0.2, 0) is 7.05 Å². The van der Waals surface area contributed by atoms with E-state index >= 15 is 0 Å². The van der Waals surface area contributed by atoms with Crippen molar-refractivity contribution in [2.45, 2.75) is 0 Å². The topological polar surface area (TPSA) is 56.5 Å². The third-order valence-electron chi connectivity index (χ3n) is 1.53. The highest BCUT2D eigenvalue weighted by Crippen LogP contribution is 2.10. The standard InChI is InChI=1S/C7H7N5/c1-12-7(10-5-11-12)6-2-8-4-9-3-6/h2-5H,1H3. The van der Waals surface area contributed by atoms with Crippen LogP contribution in [0.1, 0.15) is 0 Å². The molecular formula is C7H7N5. The first-order valence-electron chi connectivity index (χ1n) is 3.47. The molecule has 0 bridgehead atoms. The number of nitrogens with zero attached hydrogens (tertiary/aromatic N) is 5. The van der Waals surface area contributed by atoms with Crippen LogP contribution in [0.25, 0.3) is 11.4 Å². The fraction of sp³-hybridized carbons (Fsp3) is 0.143. The SMILES string of the molecule is Cn1ncnc1-c1cncnc1. The minimum atomic E-state index is 0.774. The lowest BCUT2D eigenvalue weighted by Crippen LogP contribution is -1.94. The van der Waals surface area contributed by atoms with Crippen molar-refractivity contribution in [2.75, 3.05) is 0 Å². The van der Waals surface area contributed by atoms with Gasteiger partial charge in [0.2, 0.25) is 0 Å². The molecule has 0 radical (unpaired) electrons. The zero-order valence-electron chi connectivity index (χ0n) is 6.55. The fourth-order valence-electron chi connectivity index (χ4n) is 0.972. The molecule has 0 saturated carbocycles. The molecule has 0 fully saturated rings. The fourth-order valence-corrected chi connectivity index (χ4v) is 0.972. The molecule has 0 aliphatic rings. The summed E-state index contributed by atoms with van der Waals surface area (Å²) in [6.45, 7) is 0. The highest BCUT2D eigenvalue weighted by atomic mass is 15.3. The molecule has 0 aromatic carbocycles. The second-order valence-electron chi connectivity index (χ2n) is 2.33. The van der Waals surface area contributed by atoms with E-state index in [9.17, 15) is 0 Å². The van der Waals surface area contributed by atoms with Gasteiger partial charge in [0.15, 0.2) is 5.82 Å². The summed E-state index contributed by atoms with van der Waals surface area (Å²) in [5, 5.41) is 3.94. The van der Waals surface area contributed by atoms with Crippen LogP contribution in [-0.4, -0.2) is 24.7 Å². The molecule has 0 saturated heterocycles. The Kier molecular flexibility index (Phi) is 1.55. The summed E-state index contributed by atoms with van der Waals surface area (Å²) in [6, 6.07) is 0. The third kappa shape index (κ3) is 1.05. The van der Waals surface area contributed by atoms with Gasteiger partial charge >= 0.3 is 0 Å². The summed E-state index contributed by atoms with van der Waals surface area (Å²) in [5.74, 6) is 0.774. The van der Waals surface area contributed by atoms with Crippen molar-refractivity contribution < 1.29 is 0 Å². The summed E-state index contributed by atoms with van der Waals surface area (Å²) in [7, 11) is 1.83. The number of aromatic nitrogens is 5. The molecule has 12 heavy (non-hydrogen) atoms. The highest BCUT2D eigenvalue weighted by molar-refractivity contribution is 5.50. The van der Waals surface area contributed by atoms with Crippen LogP contribution >= 0.6 is 0 Å². The van der Waals surface area contributed by atoms with Gasteiger partial charge in [0.1, 0.15) is 12.7 Å². The number of hydrogen-bond acceptors (Lipinski definition) is 4. The Morgan fingerprint density at radius 1 is 1.17 bits per heavy atom. The van der Waals surface area contributed by atoms with Gasteiger partial charge in [-0.1, -0.05) is 0 Å². The van der Waals surface area contributed by atoms with Crippen LogP contribution in [0, 0.1) is 0 Å². The summed E-state index contributed by atoms with van der Waals surface area (Å²) in [4.78, 5) is 11.8. The first-order valence-corrected chi connectivity index (χ1v) is 3.47. The second kappa shape index (κ2) is 2.69. The van der Waals surface area contributed by atoms with Crippen LogP contribution in [0.3, 0.4) is 0 Å². The minimum absolute atomic E-state index is 0.774. The lowest BCUT2D eigenvalue weighted by Gasteiger charge is -1.96. The van der Waals surface area contributed by atoms with Gasteiger partial charge in [-0.2, -0.15) is 5.10 Å². The Morgan fingerprint density at radius 2 is 1.92 bits per heavy atom. The van der Waals surface area contributed by atoms with Gasteiger partial charge in [-0.25, -0.2) is 19.6 Å². The number of hydrogen-bond donors (Lipinski definition) is 0. The van der Waals surface area contributed by atoms with E-state index in [1.165, 1.54) is 12.7 Å². The van der Waals surface area contributed by atoms with E-state index in [4.69, 9.17) is 0 Å². The van der Waals surface area contributed by atoms with Gasteiger partial charge in [0, 0.05) is 19.4 Å². The van der Waals surface area contributed by atoms with Gasteiger partial charge in [-0.15, -0.1) is 0 Å². The monoisotopic (exact) mass is 161 g/mol. The molecule has 0 aliphatic carbocycles. The Labute approximate surface area is 69.1 Å². The van der Waals surface area contributed by atoms with Crippen LogP contribution in [0.2, 0.25) is 0 Å². The summed E-state index contributed by atoms with van der Waals surface area (Å²) in [6.07, 6.45) is 6.40. The Hall–Kier alpha value is -1.78. The zero-order valence-corrected chi connectivity index (χ0v) is 6.55. The molecule has 0 atom stereocenters. The van der Waals surface area contributed by atoms with Gasteiger partial charge < -0.3 is 0 Å². The third-order valence-corrected chi connectivity index (χ3v) is 1.53. The molecule has 2 aromatic heterocycles. The summed E-state index contributed by atoms with van der Waals surface area (Å²) >= 11 is 0. The van der Waals surface area contributed by atoms with Gasteiger partial charge in [-0.05, 0) is 0 Å². The molecule has 5 heteroatoms. The highest BCUT2D eigenvalue weighted by Gasteiger charge is 2.02. The molecule has 2 aromatic rings. The average molecular weight is 161 g/mol. The van der Waals surface area contributed by atoms with E-state index in [1.54, 1.807) is 17.1 Å². The van der Waals surface area contributed by atoms with E-state index < -0.39 is 0 Å². The molecule has 60 valence electrons. The van der Waals surface area contributed by atoms with Gasteiger partial charge in [0.05, 0.1) is 5.56 Å². The summed E-state index contributed by atoms with van der Waals surface area (Å²) < 4.78 is 1.68. The first kappa shape index (κ1) is 6.90. The number of aryl methyl sites for hydroxylation is 1. The zero-order chi connectivity index (χ0) is 8.39. The van der Waals surface area contributed by atoms with E-state index in [0.717, 1.165) is 11.4 Å². The Bertz CT molecular complexity index is 366. The van der Waals surface area contributed by atoms with Crippen LogP contribution < -0.4 is 0 Å². The molecule has 0 amide bonds. The van der Waals surface area contributed by atoms with Crippen LogP contribution in [0.15, 0.2) is 25.0 Å². The van der Waals surface area contributed by atoms with E-state index in [2.05, 4.69) is 20.1 Å². The van der Waals surface area contributed by atoms with Crippen LogP contribution in [0.4, 0.5) is 0 Å². The molecule has 0 spiro atoms. The molecular weight excluding hydrogens is 154 g/mol. The van der Waals surface area contributed by atoms with E-state index in [-0.39, 0.29) is 0 Å². The van der Waals surface area contributed by atoms with Crippen molar-refractivity contribution in [1.82, 2.24) is 24.7 Å². The lowest BCUT2D eigenvalue weighted by molar-refractivity contribution is 0.773. The van der Waals surface area contributed by atoms with Crippen molar-refractivity contribution >= 4 is 0 Å². The summed E-state index contributed by atoms with van der Waals surface area (Å²) in [5.41, 5.74) is 0.873. The van der Waals surface area contributed by atoms with Crippen molar-refractivity contribution in [2.24, 2.45) is 7.05 Å². The van der Waals surface area contributed by atoms with Crippen molar-refractivity contribution in [1.29, 1.82) is 0 Å². The van der Waals surface area contributed by atoms with Crippen molar-refractivity contribution in [3.05, 3.63) is 25.0 Å². The van der Waals surface area contributed by atoms with E-state index in [0.29, 0.717) is 0 Å². The maximum absolute atomic E-state index is 4.06. The van der Waals surface area contributed by atoms with Gasteiger partial charge in [-0.3, -0.25) is 0 Å². The van der Waals surface area contributed by atoms with Crippen LogP contribution in [0.5, 0.6) is 0 Å². The maximum atomic E-state index is 4.06. The molecule has 0 aliphatic heterocycles. The Balaban J connectivity index is 2.51. The average Bonchev–Trinajstić information content (AvgIpc) is 2.53. The quantitative estimate of drug-likeness (QED) is 0.602. The molecule has 2 rings (SSSR count). The predicted octanol–water partition coefficient (Wildman–Crippen LogP) is 0.272. The molecule has 5 nitrogen and oxygen atoms in total. The van der Waals surface area contributed by atoms with Crippen molar-refractivity contribution in [3.8, 4) is 11.4 Å². The molecule has 0 unspecified atom stereocenters. The Morgan fingerprint density at radius 3 is 2.50 bits per heavy atom. The van der Waals surface area contributed by atoms with Gasteiger partial charge in [0.25, 0.3) is 0 Å². The minimum Gasteiger partial charge on any atom is -0.249 e. The predicted molar refractivity (Wildman–Crippen MR) is 42.0 cm³/mol. The second-order valence-corrected chi connectivity index (χ2v) is 2.33. The molecule has 2 heterocycles.